The van der Waals surface area contributed by atoms with Crippen LogP contribution in [0.3, 0.4) is 0 Å². The van der Waals surface area contributed by atoms with E-state index in [9.17, 15) is 9.59 Å². The highest BCUT2D eigenvalue weighted by atomic mass is 16.7. The van der Waals surface area contributed by atoms with E-state index in [4.69, 9.17) is 14.2 Å². The van der Waals surface area contributed by atoms with Gasteiger partial charge in [-0.2, -0.15) is 0 Å². The van der Waals surface area contributed by atoms with Crippen molar-refractivity contribution in [1.82, 2.24) is 10.2 Å². The average molecular weight is 451 g/mol. The zero-order valence-electron chi connectivity index (χ0n) is 18.8. The molecule has 1 atom stereocenters. The van der Waals surface area contributed by atoms with Gasteiger partial charge in [0.15, 0.2) is 11.5 Å². The lowest BCUT2D eigenvalue weighted by Crippen LogP contribution is -2.51. The number of rotatable bonds is 6. The quantitative estimate of drug-likeness (QED) is 0.733. The van der Waals surface area contributed by atoms with E-state index in [2.05, 4.69) is 11.4 Å². The van der Waals surface area contributed by atoms with Crippen LogP contribution in [0.25, 0.3) is 0 Å². The number of nitrogens with one attached hydrogen (secondary N) is 1. The van der Waals surface area contributed by atoms with E-state index < -0.39 is 6.04 Å². The van der Waals surface area contributed by atoms with Gasteiger partial charge in [0.1, 0.15) is 6.04 Å². The van der Waals surface area contributed by atoms with Crippen molar-refractivity contribution in [3.8, 4) is 11.5 Å². The van der Waals surface area contributed by atoms with Gasteiger partial charge in [-0.1, -0.05) is 36.4 Å². The number of nitrogens with zero attached hydrogens (tertiary/aromatic N) is 1. The molecule has 0 bridgehead atoms. The second-order valence-electron chi connectivity index (χ2n) is 9.09. The third kappa shape index (κ3) is 4.55. The molecule has 2 amide bonds. The number of carbonyl (C=O) groups excluding carboxylic acids is 2. The van der Waals surface area contributed by atoms with Gasteiger partial charge < -0.3 is 24.4 Å². The Labute approximate surface area is 194 Å². The molecule has 2 aromatic carbocycles. The number of likely N-dealkylation sites (tertiary alicyclic amines) is 1. The Bertz CT molecular complexity index is 1000. The highest BCUT2D eigenvalue weighted by Gasteiger charge is 2.39. The van der Waals surface area contributed by atoms with Crippen LogP contribution in [0, 0.1) is 0 Å². The van der Waals surface area contributed by atoms with Gasteiger partial charge in [-0.05, 0) is 48.9 Å². The van der Waals surface area contributed by atoms with E-state index in [0.29, 0.717) is 39.1 Å². The first-order valence-corrected chi connectivity index (χ1v) is 11.7. The monoisotopic (exact) mass is 450 g/mol. The first-order valence-electron chi connectivity index (χ1n) is 11.7. The predicted molar refractivity (Wildman–Crippen MR) is 122 cm³/mol. The number of ether oxygens (including phenoxy) is 3. The van der Waals surface area contributed by atoms with Crippen LogP contribution in [0.4, 0.5) is 0 Å². The molecule has 33 heavy (non-hydrogen) atoms. The standard InChI is InChI=1S/C26H30N2O5/c29-24(15-19-5-2-1-3-6-19)28-12-4-7-21(28)25(30)27-17-26(10-13-31-14-11-26)20-8-9-22-23(16-20)33-18-32-22/h1-3,5-6,8-9,16,21H,4,7,10-15,17-18H2,(H,27,30). The maximum Gasteiger partial charge on any atom is 0.242 e. The van der Waals surface area contributed by atoms with Gasteiger partial charge in [-0.3, -0.25) is 9.59 Å². The maximum absolute atomic E-state index is 13.2. The molecule has 2 aromatic rings. The second kappa shape index (κ2) is 9.43. The van der Waals surface area contributed by atoms with Crippen LogP contribution in [0.15, 0.2) is 48.5 Å². The number of carbonyl (C=O) groups is 2. The summed E-state index contributed by atoms with van der Waals surface area (Å²) in [5, 5.41) is 3.19. The van der Waals surface area contributed by atoms with E-state index in [-0.39, 0.29) is 24.0 Å². The lowest BCUT2D eigenvalue weighted by atomic mass is 9.74. The van der Waals surface area contributed by atoms with Crippen LogP contribution in [0.2, 0.25) is 0 Å². The number of fused-ring (bicyclic) bond motifs is 1. The summed E-state index contributed by atoms with van der Waals surface area (Å²) in [6, 6.07) is 15.3. The third-order valence-electron chi connectivity index (χ3n) is 7.11. The summed E-state index contributed by atoms with van der Waals surface area (Å²) in [7, 11) is 0. The molecule has 5 rings (SSSR count). The molecule has 0 aliphatic carbocycles. The molecule has 0 radical (unpaired) electrons. The number of hydrogen-bond acceptors (Lipinski definition) is 5. The fourth-order valence-electron chi connectivity index (χ4n) is 5.14. The molecule has 3 aliphatic heterocycles. The Hall–Kier alpha value is -3.06. The summed E-state index contributed by atoms with van der Waals surface area (Å²) in [6.07, 6.45) is 3.50. The van der Waals surface area contributed by atoms with Gasteiger partial charge in [0.05, 0.1) is 6.42 Å². The first-order chi connectivity index (χ1) is 16.1. The normalized spacial score (nSPS) is 21.1. The molecule has 174 valence electrons. The molecule has 0 aromatic heterocycles. The summed E-state index contributed by atoms with van der Waals surface area (Å²) < 4.78 is 16.7. The second-order valence-corrected chi connectivity index (χ2v) is 9.09. The van der Waals surface area contributed by atoms with Crippen LogP contribution in [-0.2, 0) is 26.2 Å². The molecule has 0 saturated carbocycles. The van der Waals surface area contributed by atoms with Crippen molar-refractivity contribution in [2.75, 3.05) is 33.1 Å². The molecule has 1 N–H and O–H groups in total. The molecule has 3 aliphatic rings. The summed E-state index contributed by atoms with van der Waals surface area (Å²) >= 11 is 0. The van der Waals surface area contributed by atoms with Gasteiger partial charge in [0.2, 0.25) is 18.6 Å². The molecule has 2 saturated heterocycles. The topological polar surface area (TPSA) is 77.1 Å². The van der Waals surface area contributed by atoms with Gasteiger partial charge in [0.25, 0.3) is 0 Å². The molecule has 0 spiro atoms. The summed E-state index contributed by atoms with van der Waals surface area (Å²) in [5.74, 6) is 1.44. The van der Waals surface area contributed by atoms with Crippen LogP contribution in [-0.4, -0.2) is 55.9 Å². The van der Waals surface area contributed by atoms with Crippen molar-refractivity contribution in [1.29, 1.82) is 0 Å². The van der Waals surface area contributed by atoms with E-state index in [1.807, 2.05) is 42.5 Å². The fraction of sp³-hybridized carbons (Fsp3) is 0.462. The van der Waals surface area contributed by atoms with Crippen molar-refractivity contribution >= 4 is 11.8 Å². The third-order valence-corrected chi connectivity index (χ3v) is 7.11. The first kappa shape index (κ1) is 21.8. The number of hydrogen-bond donors (Lipinski definition) is 1. The zero-order valence-corrected chi connectivity index (χ0v) is 18.8. The van der Waals surface area contributed by atoms with Crippen LogP contribution < -0.4 is 14.8 Å². The lowest BCUT2D eigenvalue weighted by molar-refractivity contribution is -0.138. The largest absolute Gasteiger partial charge is 0.454 e. The Morgan fingerprint density at radius 3 is 2.64 bits per heavy atom. The zero-order chi connectivity index (χ0) is 22.7. The minimum absolute atomic E-state index is 0.00963. The van der Waals surface area contributed by atoms with Crippen molar-refractivity contribution in [2.24, 2.45) is 0 Å². The van der Waals surface area contributed by atoms with Crippen LogP contribution in [0.5, 0.6) is 11.5 Å². The van der Waals surface area contributed by atoms with Gasteiger partial charge in [-0.25, -0.2) is 0 Å². The van der Waals surface area contributed by atoms with E-state index >= 15 is 0 Å². The Balaban J connectivity index is 1.27. The Kier molecular flexibility index (Phi) is 6.22. The predicted octanol–water partition coefficient (Wildman–Crippen LogP) is 2.81. The minimum Gasteiger partial charge on any atom is -0.454 e. The molecule has 7 heteroatoms. The summed E-state index contributed by atoms with van der Waals surface area (Å²) in [6.45, 7) is 2.67. The van der Waals surface area contributed by atoms with E-state index in [0.717, 1.165) is 41.9 Å². The van der Waals surface area contributed by atoms with Crippen molar-refractivity contribution in [3.05, 3.63) is 59.7 Å². The smallest absolute Gasteiger partial charge is 0.242 e. The minimum atomic E-state index is -0.408. The van der Waals surface area contributed by atoms with E-state index in [1.165, 1.54) is 0 Å². The number of benzene rings is 2. The average Bonchev–Trinajstić information content (AvgIpc) is 3.53. The maximum atomic E-state index is 13.2. The van der Waals surface area contributed by atoms with Gasteiger partial charge in [-0.15, -0.1) is 0 Å². The fourth-order valence-corrected chi connectivity index (χ4v) is 5.14. The molecule has 3 heterocycles. The van der Waals surface area contributed by atoms with Crippen molar-refractivity contribution < 1.29 is 23.8 Å². The molecule has 1 unspecified atom stereocenters. The summed E-state index contributed by atoms with van der Waals surface area (Å²) in [5.41, 5.74) is 1.86. The molecular formula is C26H30N2O5. The Morgan fingerprint density at radius 2 is 1.82 bits per heavy atom. The van der Waals surface area contributed by atoms with E-state index in [1.54, 1.807) is 4.90 Å². The highest BCUT2D eigenvalue weighted by molar-refractivity contribution is 5.89. The van der Waals surface area contributed by atoms with Gasteiger partial charge >= 0.3 is 0 Å². The molecule has 7 nitrogen and oxygen atoms in total. The summed E-state index contributed by atoms with van der Waals surface area (Å²) in [4.78, 5) is 27.9. The molecular weight excluding hydrogens is 420 g/mol. The SMILES string of the molecule is O=C(NCC1(c2ccc3c(c2)OCO3)CCOCC1)C1CCCN1C(=O)Cc1ccccc1. The van der Waals surface area contributed by atoms with Crippen molar-refractivity contribution in [2.45, 2.75) is 43.6 Å². The van der Waals surface area contributed by atoms with Crippen LogP contribution in [0.1, 0.15) is 36.8 Å². The van der Waals surface area contributed by atoms with Gasteiger partial charge in [0, 0.05) is 31.7 Å². The lowest BCUT2D eigenvalue weighted by Gasteiger charge is -2.38. The Morgan fingerprint density at radius 1 is 1.03 bits per heavy atom. The van der Waals surface area contributed by atoms with Crippen LogP contribution >= 0.6 is 0 Å². The number of amides is 2. The molecule has 2 fully saturated rings. The van der Waals surface area contributed by atoms with Crippen molar-refractivity contribution in [3.63, 3.8) is 0 Å². The highest BCUT2D eigenvalue weighted by Crippen LogP contribution is 2.40.